The first-order valence-electron chi connectivity index (χ1n) is 20.1. The van der Waals surface area contributed by atoms with Crippen molar-refractivity contribution < 1.29 is 18.8 Å². The molecule has 2 saturated carbocycles. The van der Waals surface area contributed by atoms with Crippen LogP contribution in [0, 0.1) is 23.6 Å². The number of carbonyl (C=O) groups excluding carboxylic acids is 3. The number of imide groups is 1. The molecule has 4 atom stereocenters. The molecule has 14 nitrogen and oxygen atoms in total. The minimum Gasteiger partial charge on any atom is -0.371 e. The molecule has 2 aromatic carbocycles. The van der Waals surface area contributed by atoms with Crippen LogP contribution in [-0.4, -0.2) is 99.1 Å². The van der Waals surface area contributed by atoms with Gasteiger partial charge in [-0.25, -0.2) is 19.2 Å². The lowest BCUT2D eigenvalue weighted by Gasteiger charge is -2.36. The standard InChI is InChI=1S/C42H43FN10O4/c1-49-35-17-24(3-5-33(35)53(41(49)57)34-6-7-36(54)48-40(34)56)52-20-28-27(29(28)21-52)19-50-12-14-51(15-13-50)23-2-4-25(30(43)16-23)38-44-11-8-31(47-38)32-18-26-37(46-32)42(9-10-42)22-45-39(26)55/h2-5,8,11,16-18,27-29,34,46H,6-7,9-10,12-15,19-22H2,1H3,(H,45,55)(H,48,54,56)/t27?,28-,29+,34?. The number of anilines is 2. The zero-order valence-corrected chi connectivity index (χ0v) is 31.6. The molecule has 57 heavy (non-hydrogen) atoms. The summed E-state index contributed by atoms with van der Waals surface area (Å²) in [5.74, 6) is 1.07. The maximum atomic E-state index is 15.7. The highest BCUT2D eigenvalue weighted by Crippen LogP contribution is 2.53. The number of imidazole rings is 1. The van der Waals surface area contributed by atoms with Crippen LogP contribution in [0.25, 0.3) is 33.8 Å². The third kappa shape index (κ3) is 5.60. The molecule has 6 aliphatic rings. The normalized spacial score (nSPS) is 25.1. The third-order valence-corrected chi connectivity index (χ3v) is 13.7. The molecule has 292 valence electrons. The van der Waals surface area contributed by atoms with Gasteiger partial charge in [0.1, 0.15) is 11.9 Å². The van der Waals surface area contributed by atoms with Crippen LogP contribution < -0.4 is 26.1 Å². The lowest BCUT2D eigenvalue weighted by atomic mass is 9.95. The monoisotopic (exact) mass is 770 g/mol. The van der Waals surface area contributed by atoms with Gasteiger partial charge in [-0.2, -0.15) is 0 Å². The molecule has 3 amide bonds. The number of rotatable bonds is 7. The Morgan fingerprint density at radius 2 is 1.65 bits per heavy atom. The van der Waals surface area contributed by atoms with E-state index in [9.17, 15) is 19.2 Å². The Bertz CT molecular complexity index is 2570. The van der Waals surface area contributed by atoms with Gasteiger partial charge in [0, 0.05) is 94.5 Å². The second-order valence-corrected chi connectivity index (χ2v) is 16.9. The number of halogens is 1. The quantitative estimate of drug-likeness (QED) is 0.212. The molecule has 7 heterocycles. The Morgan fingerprint density at radius 3 is 2.40 bits per heavy atom. The van der Waals surface area contributed by atoms with E-state index in [1.807, 2.05) is 24.3 Å². The highest BCUT2D eigenvalue weighted by molar-refractivity contribution is 6.00. The van der Waals surface area contributed by atoms with Crippen molar-refractivity contribution in [1.82, 2.24) is 39.6 Å². The summed E-state index contributed by atoms with van der Waals surface area (Å²) in [5.41, 5.74) is 6.52. The Hall–Kier alpha value is -5.83. The molecule has 3 saturated heterocycles. The second-order valence-electron chi connectivity index (χ2n) is 16.9. The molecule has 0 bridgehead atoms. The van der Waals surface area contributed by atoms with Gasteiger partial charge in [-0.3, -0.25) is 33.7 Å². The summed E-state index contributed by atoms with van der Waals surface area (Å²) in [6, 6.07) is 14.3. The third-order valence-electron chi connectivity index (χ3n) is 13.7. The molecular formula is C42H43FN10O4. The molecule has 1 spiro atoms. The summed E-state index contributed by atoms with van der Waals surface area (Å²) in [7, 11) is 1.73. The molecule has 0 radical (unpaired) electrons. The Balaban J connectivity index is 0.703. The van der Waals surface area contributed by atoms with Gasteiger partial charge in [0.15, 0.2) is 5.82 Å². The summed E-state index contributed by atoms with van der Waals surface area (Å²) in [4.78, 5) is 69.8. The number of piperazine rings is 1. The molecule has 11 rings (SSSR count). The fraction of sp³-hybridized carbons (Fsp3) is 0.429. The predicted octanol–water partition coefficient (Wildman–Crippen LogP) is 3.19. The summed E-state index contributed by atoms with van der Waals surface area (Å²) in [6.07, 6.45) is 4.26. The number of fused-ring (bicyclic) bond motifs is 4. The molecule has 2 unspecified atom stereocenters. The van der Waals surface area contributed by atoms with Gasteiger partial charge >= 0.3 is 5.69 Å². The number of H-pyrrole nitrogens is 1. The van der Waals surface area contributed by atoms with Gasteiger partial charge in [0.2, 0.25) is 11.8 Å². The van der Waals surface area contributed by atoms with E-state index in [-0.39, 0.29) is 35.2 Å². The fourth-order valence-electron chi connectivity index (χ4n) is 10.1. The number of aryl methyl sites for hydroxylation is 1. The van der Waals surface area contributed by atoms with E-state index < -0.39 is 11.9 Å². The van der Waals surface area contributed by atoms with E-state index in [1.165, 1.54) is 4.57 Å². The van der Waals surface area contributed by atoms with E-state index in [1.54, 1.807) is 36.0 Å². The lowest BCUT2D eigenvalue weighted by molar-refractivity contribution is -0.135. The highest BCUT2D eigenvalue weighted by Gasteiger charge is 2.56. The maximum Gasteiger partial charge on any atom is 0.329 e. The van der Waals surface area contributed by atoms with Gasteiger partial charge in [0.25, 0.3) is 5.91 Å². The van der Waals surface area contributed by atoms with Crippen LogP contribution in [0.3, 0.4) is 0 Å². The number of hydrogen-bond acceptors (Lipinski definition) is 9. The first kappa shape index (κ1) is 34.4. The van der Waals surface area contributed by atoms with Crippen molar-refractivity contribution in [3.8, 4) is 22.8 Å². The first-order chi connectivity index (χ1) is 27.6. The number of aromatic amines is 1. The van der Waals surface area contributed by atoms with Crippen LogP contribution in [0.4, 0.5) is 15.8 Å². The lowest BCUT2D eigenvalue weighted by Crippen LogP contribution is -2.47. The van der Waals surface area contributed by atoms with Gasteiger partial charge in [-0.05, 0) is 85.5 Å². The van der Waals surface area contributed by atoms with E-state index in [4.69, 9.17) is 4.98 Å². The number of carbonyl (C=O) groups is 3. The Kier molecular flexibility index (Phi) is 7.60. The predicted molar refractivity (Wildman–Crippen MR) is 210 cm³/mol. The van der Waals surface area contributed by atoms with Gasteiger partial charge in [0.05, 0.1) is 33.5 Å². The average Bonchev–Trinajstić information content (AvgIpc) is 3.92. The first-order valence-corrected chi connectivity index (χ1v) is 20.1. The number of aromatic nitrogens is 5. The fourth-order valence-corrected chi connectivity index (χ4v) is 10.1. The average molecular weight is 771 g/mol. The van der Waals surface area contributed by atoms with Crippen molar-refractivity contribution in [2.24, 2.45) is 24.8 Å². The minimum absolute atomic E-state index is 0.00507. The van der Waals surface area contributed by atoms with E-state index in [0.717, 1.165) is 86.9 Å². The molecule has 4 aliphatic heterocycles. The molecule has 2 aliphatic carbocycles. The molecule has 5 fully saturated rings. The molecule has 5 aromatic rings. The maximum absolute atomic E-state index is 15.7. The second kappa shape index (κ2) is 12.6. The smallest absolute Gasteiger partial charge is 0.329 e. The zero-order chi connectivity index (χ0) is 38.7. The van der Waals surface area contributed by atoms with Crippen molar-refractivity contribution in [3.05, 3.63) is 82.3 Å². The van der Waals surface area contributed by atoms with E-state index in [2.05, 4.69) is 41.4 Å². The Labute approximate surface area is 327 Å². The van der Waals surface area contributed by atoms with Gasteiger partial charge in [-0.1, -0.05) is 0 Å². The van der Waals surface area contributed by atoms with Crippen LogP contribution >= 0.6 is 0 Å². The van der Waals surface area contributed by atoms with Crippen molar-refractivity contribution in [2.75, 3.05) is 62.2 Å². The number of nitrogens with zero attached hydrogens (tertiary/aromatic N) is 7. The summed E-state index contributed by atoms with van der Waals surface area (Å²) in [6.45, 7) is 7.16. The van der Waals surface area contributed by atoms with Gasteiger partial charge < -0.3 is 20.1 Å². The number of amides is 3. The zero-order valence-electron chi connectivity index (χ0n) is 31.6. The molecule has 3 aromatic heterocycles. The summed E-state index contributed by atoms with van der Waals surface area (Å²) >= 11 is 0. The van der Waals surface area contributed by atoms with Crippen LogP contribution in [0.15, 0.2) is 59.5 Å². The van der Waals surface area contributed by atoms with E-state index in [0.29, 0.717) is 58.9 Å². The van der Waals surface area contributed by atoms with Crippen molar-refractivity contribution in [1.29, 1.82) is 0 Å². The number of benzene rings is 2. The van der Waals surface area contributed by atoms with Crippen molar-refractivity contribution in [2.45, 2.75) is 37.1 Å². The van der Waals surface area contributed by atoms with Crippen LogP contribution in [-0.2, 0) is 22.1 Å². The van der Waals surface area contributed by atoms with Crippen molar-refractivity contribution >= 4 is 40.1 Å². The van der Waals surface area contributed by atoms with Crippen LogP contribution in [0.2, 0.25) is 0 Å². The number of hydrogen-bond donors (Lipinski definition) is 3. The number of piperidine rings is 2. The SMILES string of the molecule is Cn1c(=O)n(C2CCC(=O)NC2=O)c2ccc(N3C[C@@H]4C(CN5CCN(c6ccc(-c7nccc(-c8cc9c([nH]8)C8(CC8)CNC9=O)n7)c(F)c6)CC5)[C@@H]4C3)cc21. The topological polar surface area (TPSA) is 153 Å². The van der Waals surface area contributed by atoms with Crippen LogP contribution in [0.5, 0.6) is 0 Å². The van der Waals surface area contributed by atoms with Crippen LogP contribution in [0.1, 0.15) is 47.8 Å². The Morgan fingerprint density at radius 1 is 0.877 bits per heavy atom. The summed E-state index contributed by atoms with van der Waals surface area (Å²) < 4.78 is 18.8. The van der Waals surface area contributed by atoms with E-state index >= 15 is 4.39 Å². The van der Waals surface area contributed by atoms with Gasteiger partial charge in [-0.15, -0.1) is 0 Å². The molecule has 3 N–H and O–H groups in total. The molecular weight excluding hydrogens is 728 g/mol. The highest BCUT2D eigenvalue weighted by atomic mass is 19.1. The minimum atomic E-state index is -0.692. The largest absolute Gasteiger partial charge is 0.371 e. The molecule has 15 heteroatoms. The number of nitrogens with one attached hydrogen (secondary N) is 3. The summed E-state index contributed by atoms with van der Waals surface area (Å²) in [5, 5.41) is 5.38. The van der Waals surface area contributed by atoms with Crippen molar-refractivity contribution in [3.63, 3.8) is 0 Å².